The molecule has 0 radical (unpaired) electrons. The van der Waals surface area contributed by atoms with E-state index in [2.05, 4.69) is 42.2 Å². The molecule has 20 nitrogen and oxygen atoms in total. The van der Waals surface area contributed by atoms with Crippen molar-refractivity contribution in [3.8, 4) is 0 Å². The van der Waals surface area contributed by atoms with Crippen molar-refractivity contribution in [2.24, 2.45) is 16.2 Å². The molecule has 0 rings (SSSR count). The Balaban J connectivity index is -0.000000265. The molecule has 60 heavy (non-hydrogen) atoms. The van der Waals surface area contributed by atoms with Gasteiger partial charge in [0.1, 0.15) is 20.4 Å². The number of aliphatic hydroxyl groups excluding tert-OH is 7. The van der Waals surface area contributed by atoms with E-state index in [0.29, 0.717) is 5.57 Å². The largest absolute Gasteiger partial charge is 0.435 e. The van der Waals surface area contributed by atoms with Crippen LogP contribution in [0.3, 0.4) is 0 Å². The van der Waals surface area contributed by atoms with E-state index >= 15 is 0 Å². The molecule has 0 heterocycles. The normalized spacial score (nSPS) is 10.7. The first-order valence-corrected chi connectivity index (χ1v) is 19.0. The number of allylic oxidation sites excluding steroid dienone is 1. The molecular weight excluding hydrogens is 892 g/mol. The molecule has 7 N–H and O–H groups in total. The smallest absolute Gasteiger partial charge is 0.335 e. The van der Waals surface area contributed by atoms with Gasteiger partial charge in [0, 0.05) is 38.5 Å². The summed E-state index contributed by atoms with van der Waals surface area (Å²) in [5.41, 5.74) is -0.719. The molecule has 0 aliphatic rings. The molecule has 0 aromatic carbocycles. The number of rotatable bonds is 28. The van der Waals surface area contributed by atoms with Crippen molar-refractivity contribution < 1.29 is 97.6 Å². The summed E-state index contributed by atoms with van der Waals surface area (Å²) in [6, 6.07) is 0. The Bertz CT molecular complexity index is 1090. The second-order valence-electron chi connectivity index (χ2n) is 13.5. The van der Waals surface area contributed by atoms with Crippen LogP contribution >= 0.6 is 27.5 Å². The summed E-state index contributed by atoms with van der Waals surface area (Å²) in [6.45, 7) is 23.4. The van der Waals surface area contributed by atoms with Crippen molar-refractivity contribution in [2.45, 2.75) is 48.5 Å². The maximum atomic E-state index is 11.4. The van der Waals surface area contributed by atoms with E-state index in [1.165, 1.54) is 20.8 Å². The van der Waals surface area contributed by atoms with Gasteiger partial charge in [-0.05, 0) is 39.3 Å². The van der Waals surface area contributed by atoms with E-state index in [-0.39, 0.29) is 122 Å². The first kappa shape index (κ1) is 66.4. The third-order valence-electron chi connectivity index (χ3n) is 6.32. The zero-order chi connectivity index (χ0) is 47.8. The topological polar surface area (TPSA) is 293 Å². The van der Waals surface area contributed by atoms with Crippen LogP contribution in [0.5, 0.6) is 0 Å². The standard InChI is InChI=1S/C20H30O9.C8H18O6.C5H12O3.C4H5ClO.CH3BrO/c1-14(2)17(21)27-11-24-8-20(7,9-25-12-28-18(22)15(3)4)10-26-13-29-19(23)16(5)6;1-8(2-12-5-9,3-13-6-10)4-14-7-11;1-5(2-6,3-7)4-8;1-3(2)4(5)6;2-1-3/h1,3,5,8-13H2,2,4,6-7H3;9-11H,2-7H2,1H3;6-8H,2-4H2,1H3;1H2,2H3;3H,1H2. The summed E-state index contributed by atoms with van der Waals surface area (Å²) in [6.07, 6.45) is 0. The van der Waals surface area contributed by atoms with Gasteiger partial charge in [0.05, 0.1) is 65.0 Å². The molecule has 0 saturated carbocycles. The lowest BCUT2D eigenvalue weighted by Crippen LogP contribution is -2.35. The van der Waals surface area contributed by atoms with E-state index in [1.807, 2.05) is 0 Å². The highest BCUT2D eigenvalue weighted by atomic mass is 79.9. The van der Waals surface area contributed by atoms with E-state index in [1.54, 1.807) is 27.7 Å². The molecule has 354 valence electrons. The van der Waals surface area contributed by atoms with Gasteiger partial charge in [0.2, 0.25) is 5.24 Å². The molecule has 0 aromatic heterocycles. The third-order valence-corrected chi connectivity index (χ3v) is 6.65. The number of ether oxygens (including phenoxy) is 9. The van der Waals surface area contributed by atoms with Gasteiger partial charge < -0.3 is 78.4 Å². The van der Waals surface area contributed by atoms with E-state index in [0.717, 1.165) is 0 Å². The molecular formula is C38H68BrClO20. The number of alkyl halides is 1. The lowest BCUT2D eigenvalue weighted by molar-refractivity contribution is -0.171. The molecule has 0 atom stereocenters. The number of halogens is 2. The molecule has 0 unspecified atom stereocenters. The minimum Gasteiger partial charge on any atom is -0.435 e. The second-order valence-corrected chi connectivity index (χ2v) is 14.4. The quantitative estimate of drug-likeness (QED) is 0.0112. The van der Waals surface area contributed by atoms with Crippen LogP contribution in [0.1, 0.15) is 48.5 Å². The highest BCUT2D eigenvalue weighted by molar-refractivity contribution is 9.09. The first-order valence-electron chi connectivity index (χ1n) is 17.5. The number of carbonyl (C=O) groups is 4. The fraction of sp³-hybridized carbons (Fsp3) is 0.684. The van der Waals surface area contributed by atoms with Crippen molar-refractivity contribution in [2.75, 3.05) is 106 Å². The first-order chi connectivity index (χ1) is 27.9. The minimum atomic E-state index is -0.721. The van der Waals surface area contributed by atoms with Crippen molar-refractivity contribution in [1.82, 2.24) is 0 Å². The zero-order valence-corrected chi connectivity index (χ0v) is 38.2. The predicted octanol–water partition coefficient (Wildman–Crippen LogP) is 1.79. The third kappa shape index (κ3) is 43.4. The molecule has 0 bridgehead atoms. The summed E-state index contributed by atoms with van der Waals surface area (Å²) < 4.78 is 45.2. The lowest BCUT2D eigenvalue weighted by Gasteiger charge is -2.28. The van der Waals surface area contributed by atoms with E-state index in [4.69, 9.17) is 90.0 Å². The summed E-state index contributed by atoms with van der Waals surface area (Å²) in [5.74, 6) is -1.71. The van der Waals surface area contributed by atoms with Gasteiger partial charge in [-0.15, -0.1) is 0 Å². The Kier molecular flexibility index (Phi) is 46.1. The Morgan fingerprint density at radius 2 is 0.667 bits per heavy atom. The number of aliphatic hydroxyl groups is 7. The monoisotopic (exact) mass is 958 g/mol. The Labute approximate surface area is 366 Å². The average molecular weight is 960 g/mol. The van der Waals surface area contributed by atoms with Gasteiger partial charge in [-0.25, -0.2) is 14.4 Å². The minimum absolute atomic E-state index is 0.0625. The van der Waals surface area contributed by atoms with Gasteiger partial charge >= 0.3 is 17.9 Å². The Hall–Kier alpha value is -2.71. The zero-order valence-electron chi connectivity index (χ0n) is 35.8. The fourth-order valence-corrected chi connectivity index (χ4v) is 2.80. The van der Waals surface area contributed by atoms with Crippen molar-refractivity contribution in [3.63, 3.8) is 0 Å². The molecule has 0 saturated heterocycles. The second kappa shape index (κ2) is 41.6. The van der Waals surface area contributed by atoms with Crippen LogP contribution in [0.2, 0.25) is 0 Å². The van der Waals surface area contributed by atoms with Crippen LogP contribution in [0.4, 0.5) is 0 Å². The predicted molar refractivity (Wildman–Crippen MR) is 222 cm³/mol. The van der Waals surface area contributed by atoms with E-state index < -0.39 is 39.4 Å². The Morgan fingerprint density at radius 1 is 0.467 bits per heavy atom. The van der Waals surface area contributed by atoms with Crippen molar-refractivity contribution in [1.29, 1.82) is 0 Å². The summed E-state index contributed by atoms with van der Waals surface area (Å²) >= 11 is 7.58. The summed E-state index contributed by atoms with van der Waals surface area (Å²) in [4.78, 5) is 43.9. The Morgan fingerprint density at radius 3 is 0.800 bits per heavy atom. The maximum absolute atomic E-state index is 11.4. The molecule has 0 aromatic rings. The van der Waals surface area contributed by atoms with E-state index in [9.17, 15) is 19.2 Å². The van der Waals surface area contributed by atoms with Gasteiger partial charge in [0.25, 0.3) is 0 Å². The van der Waals surface area contributed by atoms with Crippen LogP contribution in [-0.2, 0) is 61.8 Å². The summed E-state index contributed by atoms with van der Waals surface area (Å²) in [5, 5.41) is 57.9. The highest BCUT2D eigenvalue weighted by Crippen LogP contribution is 2.20. The lowest BCUT2D eigenvalue weighted by atomic mass is 9.94. The van der Waals surface area contributed by atoms with Crippen LogP contribution in [0, 0.1) is 16.2 Å². The highest BCUT2D eigenvalue weighted by Gasteiger charge is 2.27. The molecule has 0 fully saturated rings. The van der Waals surface area contributed by atoms with Crippen molar-refractivity contribution in [3.05, 3.63) is 48.6 Å². The molecule has 0 aliphatic carbocycles. The number of esters is 3. The molecule has 0 aliphatic heterocycles. The number of hydrogen-bond donors (Lipinski definition) is 7. The fourth-order valence-electron chi connectivity index (χ4n) is 2.80. The van der Waals surface area contributed by atoms with Gasteiger partial charge in [0.15, 0.2) is 20.4 Å². The SMILES string of the molecule is C=C(C)C(=O)Cl.C=C(C)C(=O)OCOCC(C)(COCOC(=O)C(=C)C)COCOC(=O)C(=C)C.CC(CO)(CO)CO.CC(COCO)(COCO)COCO.OCBr. The summed E-state index contributed by atoms with van der Waals surface area (Å²) in [7, 11) is 0. The van der Waals surface area contributed by atoms with Crippen LogP contribution in [-0.4, -0.2) is 165 Å². The molecule has 0 spiro atoms. The van der Waals surface area contributed by atoms with Gasteiger partial charge in [-0.2, -0.15) is 0 Å². The molecule has 22 heteroatoms. The van der Waals surface area contributed by atoms with Gasteiger partial charge in [-0.3, -0.25) is 4.79 Å². The number of carbonyl (C=O) groups excluding carboxylic acids is 4. The molecule has 0 amide bonds. The van der Waals surface area contributed by atoms with Crippen molar-refractivity contribution >= 4 is 50.7 Å². The maximum Gasteiger partial charge on any atom is 0.335 e. The average Bonchev–Trinajstić information content (AvgIpc) is 3.20. The number of hydrogen-bond acceptors (Lipinski definition) is 20. The van der Waals surface area contributed by atoms with Crippen LogP contribution < -0.4 is 0 Å². The van der Waals surface area contributed by atoms with Crippen LogP contribution in [0.15, 0.2) is 48.6 Å². The van der Waals surface area contributed by atoms with Gasteiger partial charge in [-0.1, -0.05) is 63.0 Å². The van der Waals surface area contributed by atoms with Crippen LogP contribution in [0.25, 0.3) is 0 Å².